The van der Waals surface area contributed by atoms with Gasteiger partial charge in [0, 0.05) is 26.2 Å². The third kappa shape index (κ3) is 4.36. The topological polar surface area (TPSA) is 80.9 Å². The lowest BCUT2D eigenvalue weighted by Crippen LogP contribution is -2.49. The summed E-state index contributed by atoms with van der Waals surface area (Å²) in [5.41, 5.74) is 0.573. The molecule has 1 amide bonds. The molecule has 0 N–H and O–H groups in total. The first-order valence-electron chi connectivity index (χ1n) is 10.3. The van der Waals surface area contributed by atoms with Gasteiger partial charge in [0.2, 0.25) is 12.0 Å². The number of nitrogens with zero attached hydrogens (tertiary/aromatic N) is 4. The van der Waals surface area contributed by atoms with Crippen molar-refractivity contribution in [2.75, 3.05) is 43.4 Å². The van der Waals surface area contributed by atoms with Gasteiger partial charge in [-0.3, -0.25) is 4.79 Å². The van der Waals surface area contributed by atoms with Crippen LogP contribution in [0.2, 0.25) is 0 Å². The number of rotatable bonds is 5. The highest BCUT2D eigenvalue weighted by Gasteiger charge is 2.28. The van der Waals surface area contributed by atoms with Crippen LogP contribution in [0.4, 0.5) is 10.1 Å². The Morgan fingerprint density at radius 1 is 1.03 bits per heavy atom. The molecule has 3 heterocycles. The average molecular weight is 456 g/mol. The lowest BCUT2D eigenvalue weighted by molar-refractivity contribution is -0.128. The van der Waals surface area contributed by atoms with Crippen LogP contribution in [0.25, 0.3) is 0 Å². The Hall–Kier alpha value is -3.27. The van der Waals surface area contributed by atoms with Crippen LogP contribution >= 0.6 is 11.8 Å². The number of thioether (sulfide) groups is 1. The molecular formula is C22H21FN4O4S. The fourth-order valence-corrected chi connectivity index (χ4v) is 4.34. The number of anilines is 1. The summed E-state index contributed by atoms with van der Waals surface area (Å²) in [6.07, 6.45) is -0.492. The van der Waals surface area contributed by atoms with Crippen LogP contribution in [0.1, 0.15) is 12.0 Å². The molecule has 1 aromatic heterocycles. The van der Waals surface area contributed by atoms with Gasteiger partial charge in [0.15, 0.2) is 11.5 Å². The minimum absolute atomic E-state index is 0.0193. The largest absolute Gasteiger partial charge is 0.485 e. The van der Waals surface area contributed by atoms with Crippen molar-refractivity contribution in [1.29, 1.82) is 0 Å². The second-order valence-corrected chi connectivity index (χ2v) is 8.30. The molecule has 1 atom stereocenters. The van der Waals surface area contributed by atoms with Crippen molar-refractivity contribution in [2.24, 2.45) is 0 Å². The number of carbonyl (C=O) groups is 1. The molecule has 3 aromatic rings. The van der Waals surface area contributed by atoms with E-state index in [1.165, 1.54) is 17.8 Å². The van der Waals surface area contributed by atoms with Crippen molar-refractivity contribution in [3.8, 4) is 11.5 Å². The van der Waals surface area contributed by atoms with Gasteiger partial charge in [0.1, 0.15) is 12.4 Å². The van der Waals surface area contributed by atoms with Crippen molar-refractivity contribution in [1.82, 2.24) is 15.1 Å². The zero-order valence-corrected chi connectivity index (χ0v) is 18.0. The summed E-state index contributed by atoms with van der Waals surface area (Å²) in [5.74, 6) is 1.54. The molecule has 10 heteroatoms. The number of piperazine rings is 1. The number of fused-ring (bicyclic) bond motifs is 1. The van der Waals surface area contributed by atoms with E-state index in [9.17, 15) is 9.18 Å². The van der Waals surface area contributed by atoms with Crippen LogP contribution in [-0.2, 0) is 4.79 Å². The lowest BCUT2D eigenvalue weighted by atomic mass is 10.2. The Bertz CT molecular complexity index is 1100. The molecule has 0 bridgehead atoms. The van der Waals surface area contributed by atoms with Crippen LogP contribution in [0.5, 0.6) is 11.5 Å². The number of para-hydroxylation sites is 3. The Kier molecular flexibility index (Phi) is 5.85. The number of hydrogen-bond acceptors (Lipinski definition) is 8. The normalized spacial score (nSPS) is 18.0. The third-order valence-electron chi connectivity index (χ3n) is 5.35. The molecule has 0 spiro atoms. The first kappa shape index (κ1) is 20.6. The summed E-state index contributed by atoms with van der Waals surface area (Å²) in [6.45, 7) is 2.52. The molecule has 166 valence electrons. The maximum Gasteiger partial charge on any atom is 0.277 e. The lowest BCUT2D eigenvalue weighted by Gasteiger charge is -2.36. The van der Waals surface area contributed by atoms with E-state index in [2.05, 4.69) is 10.2 Å². The zero-order valence-electron chi connectivity index (χ0n) is 17.1. The van der Waals surface area contributed by atoms with E-state index in [1.54, 1.807) is 17.0 Å². The minimum Gasteiger partial charge on any atom is -0.485 e. The van der Waals surface area contributed by atoms with Crippen LogP contribution in [0.3, 0.4) is 0 Å². The molecule has 2 aromatic carbocycles. The highest BCUT2D eigenvalue weighted by atomic mass is 32.2. The van der Waals surface area contributed by atoms with Gasteiger partial charge in [-0.05, 0) is 24.3 Å². The number of aromatic nitrogens is 2. The van der Waals surface area contributed by atoms with Crippen LogP contribution in [0, 0.1) is 5.82 Å². The molecule has 5 rings (SSSR count). The van der Waals surface area contributed by atoms with E-state index in [1.807, 2.05) is 35.2 Å². The fourth-order valence-electron chi connectivity index (χ4n) is 3.67. The molecule has 0 saturated carbocycles. The molecule has 32 heavy (non-hydrogen) atoms. The highest BCUT2D eigenvalue weighted by molar-refractivity contribution is 7.99. The number of hydrogen-bond donors (Lipinski definition) is 0. The number of carbonyl (C=O) groups excluding carboxylic acids is 1. The summed E-state index contributed by atoms with van der Waals surface area (Å²) < 4.78 is 31.2. The van der Waals surface area contributed by atoms with Crippen LogP contribution in [-0.4, -0.2) is 59.5 Å². The standard InChI is InChI=1S/C22H21FN4O4S/c23-15-5-1-2-6-16(15)26-9-11-27(12-10-26)20(28)14-32-22-25-24-21(31-22)19-13-29-17-7-3-4-8-18(17)30-19/h1-8,19H,9-14H2/t19-/m1/s1. The predicted molar refractivity (Wildman–Crippen MR) is 116 cm³/mol. The Morgan fingerprint density at radius 2 is 1.78 bits per heavy atom. The first-order chi connectivity index (χ1) is 15.7. The summed E-state index contributed by atoms with van der Waals surface area (Å²) in [6, 6.07) is 14.1. The second kappa shape index (κ2) is 9.07. The predicted octanol–water partition coefficient (Wildman–Crippen LogP) is 3.16. The summed E-state index contributed by atoms with van der Waals surface area (Å²) in [4.78, 5) is 16.3. The Labute approximate surface area is 188 Å². The van der Waals surface area contributed by atoms with E-state index in [-0.39, 0.29) is 24.1 Å². The van der Waals surface area contributed by atoms with Crippen molar-refractivity contribution in [3.63, 3.8) is 0 Å². The minimum atomic E-state index is -0.492. The molecule has 8 nitrogen and oxygen atoms in total. The van der Waals surface area contributed by atoms with E-state index >= 15 is 0 Å². The van der Waals surface area contributed by atoms with Gasteiger partial charge in [0.05, 0.1) is 11.4 Å². The Morgan fingerprint density at radius 3 is 2.59 bits per heavy atom. The van der Waals surface area contributed by atoms with Crippen LogP contribution in [0.15, 0.2) is 58.2 Å². The van der Waals surface area contributed by atoms with E-state index in [0.29, 0.717) is 54.5 Å². The quantitative estimate of drug-likeness (QED) is 0.542. The van der Waals surface area contributed by atoms with Crippen molar-refractivity contribution >= 4 is 23.4 Å². The summed E-state index contributed by atoms with van der Waals surface area (Å²) in [7, 11) is 0. The number of halogens is 1. The average Bonchev–Trinajstić information content (AvgIpc) is 3.32. The molecule has 2 aliphatic heterocycles. The molecule has 0 aliphatic carbocycles. The first-order valence-corrected chi connectivity index (χ1v) is 11.3. The number of ether oxygens (including phenoxy) is 2. The zero-order chi connectivity index (χ0) is 21.9. The monoisotopic (exact) mass is 456 g/mol. The van der Waals surface area contributed by atoms with E-state index < -0.39 is 6.10 Å². The third-order valence-corrected chi connectivity index (χ3v) is 6.15. The van der Waals surface area contributed by atoms with E-state index in [0.717, 1.165) is 0 Å². The van der Waals surface area contributed by atoms with Gasteiger partial charge in [-0.15, -0.1) is 10.2 Å². The fraction of sp³-hybridized carbons (Fsp3) is 0.318. The van der Waals surface area contributed by atoms with Gasteiger partial charge in [0.25, 0.3) is 11.1 Å². The van der Waals surface area contributed by atoms with E-state index in [4.69, 9.17) is 13.9 Å². The van der Waals surface area contributed by atoms with Crippen molar-refractivity contribution in [3.05, 3.63) is 60.2 Å². The maximum atomic E-state index is 14.0. The molecule has 1 fully saturated rings. The van der Waals surface area contributed by atoms with Crippen molar-refractivity contribution < 1.29 is 23.1 Å². The molecule has 0 unspecified atom stereocenters. The maximum absolute atomic E-state index is 14.0. The van der Waals surface area contributed by atoms with Crippen molar-refractivity contribution in [2.45, 2.75) is 11.3 Å². The number of benzene rings is 2. The Balaban J connectivity index is 1.12. The highest BCUT2D eigenvalue weighted by Crippen LogP contribution is 2.36. The molecule has 0 radical (unpaired) electrons. The smallest absolute Gasteiger partial charge is 0.277 e. The summed E-state index contributed by atoms with van der Waals surface area (Å²) >= 11 is 1.19. The molecular weight excluding hydrogens is 435 g/mol. The second-order valence-electron chi connectivity index (χ2n) is 7.38. The molecule has 2 aliphatic rings. The van der Waals surface area contributed by atoms with Gasteiger partial charge in [-0.25, -0.2) is 4.39 Å². The SMILES string of the molecule is O=C(CSc1nnc([C@H]2COc3ccccc3O2)o1)N1CCN(c2ccccc2F)CC1. The van der Waals surface area contributed by atoms with Gasteiger partial charge < -0.3 is 23.7 Å². The van der Waals surface area contributed by atoms with Gasteiger partial charge in [-0.2, -0.15) is 0 Å². The summed E-state index contributed by atoms with van der Waals surface area (Å²) in [5, 5.41) is 8.37. The number of amides is 1. The molecule has 1 saturated heterocycles. The van der Waals surface area contributed by atoms with Crippen LogP contribution < -0.4 is 14.4 Å². The van der Waals surface area contributed by atoms with Gasteiger partial charge >= 0.3 is 0 Å². The van der Waals surface area contributed by atoms with Gasteiger partial charge in [-0.1, -0.05) is 36.0 Å².